The van der Waals surface area contributed by atoms with Gasteiger partial charge in [0.15, 0.2) is 0 Å². The zero-order valence-corrected chi connectivity index (χ0v) is 14.5. The number of aromatic amines is 1. The molecule has 2 aliphatic heterocycles. The number of pyridine rings is 1. The predicted octanol–water partition coefficient (Wildman–Crippen LogP) is 2.41. The van der Waals surface area contributed by atoms with Gasteiger partial charge in [0.2, 0.25) is 0 Å². The van der Waals surface area contributed by atoms with Crippen molar-refractivity contribution in [1.82, 2.24) is 19.9 Å². The zero-order chi connectivity index (χ0) is 17.4. The number of rotatable bonds is 3. The van der Waals surface area contributed by atoms with Crippen LogP contribution in [0.2, 0.25) is 0 Å². The summed E-state index contributed by atoms with van der Waals surface area (Å²) in [4.78, 5) is 31.3. The van der Waals surface area contributed by atoms with Gasteiger partial charge >= 0.3 is 0 Å². The molecule has 2 aromatic rings. The van der Waals surface area contributed by atoms with Crippen molar-refractivity contribution in [2.75, 3.05) is 6.54 Å². The van der Waals surface area contributed by atoms with Crippen LogP contribution >= 0.6 is 0 Å². The number of aromatic nitrogens is 3. The summed E-state index contributed by atoms with van der Waals surface area (Å²) in [5.41, 5.74) is 5.87. The van der Waals surface area contributed by atoms with Gasteiger partial charge < -0.3 is 9.88 Å². The number of carbonyl (C=O) groups excluding carboxylic acids is 1. The highest BCUT2D eigenvalue weighted by molar-refractivity contribution is 6.12. The van der Waals surface area contributed by atoms with E-state index in [1.54, 1.807) is 18.7 Å². The normalized spacial score (nSPS) is 19.4. The quantitative estimate of drug-likeness (QED) is 0.936. The van der Waals surface area contributed by atoms with Crippen LogP contribution in [0.15, 0.2) is 41.4 Å². The van der Waals surface area contributed by atoms with Gasteiger partial charge in [-0.3, -0.25) is 14.8 Å². The van der Waals surface area contributed by atoms with Gasteiger partial charge in [-0.2, -0.15) is 0 Å². The molecule has 4 heterocycles. The average molecular weight is 335 g/mol. The molecule has 6 heteroatoms. The van der Waals surface area contributed by atoms with E-state index in [1.807, 2.05) is 24.0 Å². The van der Waals surface area contributed by atoms with Crippen LogP contribution in [0.4, 0.5) is 0 Å². The highest BCUT2D eigenvalue weighted by Gasteiger charge is 2.33. The minimum absolute atomic E-state index is 0.0393. The molecule has 0 radical (unpaired) electrons. The Morgan fingerprint density at radius 1 is 1.40 bits per heavy atom. The van der Waals surface area contributed by atoms with Gasteiger partial charge in [-0.25, -0.2) is 4.98 Å². The molecule has 4 rings (SSSR count). The van der Waals surface area contributed by atoms with Crippen molar-refractivity contribution in [3.63, 3.8) is 0 Å². The van der Waals surface area contributed by atoms with Crippen LogP contribution in [-0.4, -0.2) is 38.0 Å². The van der Waals surface area contributed by atoms with Crippen LogP contribution in [0.25, 0.3) is 0 Å². The molecule has 0 aromatic carbocycles. The van der Waals surface area contributed by atoms with E-state index in [0.29, 0.717) is 13.1 Å². The molecule has 1 unspecified atom stereocenters. The summed E-state index contributed by atoms with van der Waals surface area (Å²) in [6.07, 6.45) is 6.90. The van der Waals surface area contributed by atoms with Gasteiger partial charge in [0, 0.05) is 42.5 Å². The summed E-state index contributed by atoms with van der Waals surface area (Å²) < 4.78 is 0. The molecule has 0 bridgehead atoms. The molecule has 25 heavy (non-hydrogen) atoms. The van der Waals surface area contributed by atoms with Gasteiger partial charge in [0.05, 0.1) is 30.0 Å². The Balaban J connectivity index is 1.55. The number of imidazole rings is 1. The number of fused-ring (bicyclic) bond motifs is 1. The molecular weight excluding hydrogens is 314 g/mol. The lowest BCUT2D eigenvalue weighted by atomic mass is 9.89. The first kappa shape index (κ1) is 15.7. The third-order valence-corrected chi connectivity index (χ3v) is 4.96. The SMILES string of the molecule is CCC1C(C(=O)N2CCc3nc[nH]c3C2)=CN=C1c1ccnc(C)c1. The molecule has 0 spiro atoms. The third kappa shape index (κ3) is 2.77. The predicted molar refractivity (Wildman–Crippen MR) is 95.1 cm³/mol. The number of hydrogen-bond acceptors (Lipinski definition) is 4. The van der Waals surface area contributed by atoms with Gasteiger partial charge in [-0.05, 0) is 31.0 Å². The lowest BCUT2D eigenvalue weighted by Crippen LogP contribution is -2.38. The van der Waals surface area contributed by atoms with Crippen molar-refractivity contribution in [3.8, 4) is 0 Å². The maximum Gasteiger partial charge on any atom is 0.252 e. The molecule has 1 amide bonds. The Kier molecular flexibility index (Phi) is 3.95. The molecule has 0 saturated heterocycles. The zero-order valence-electron chi connectivity index (χ0n) is 14.5. The number of carbonyl (C=O) groups is 1. The number of aryl methyl sites for hydroxylation is 1. The first-order chi connectivity index (χ1) is 12.2. The van der Waals surface area contributed by atoms with E-state index in [2.05, 4.69) is 26.9 Å². The summed E-state index contributed by atoms with van der Waals surface area (Å²) in [6.45, 7) is 5.36. The highest BCUT2D eigenvalue weighted by atomic mass is 16.2. The van der Waals surface area contributed by atoms with Crippen LogP contribution in [0.5, 0.6) is 0 Å². The maximum atomic E-state index is 13.1. The minimum Gasteiger partial charge on any atom is -0.347 e. The van der Waals surface area contributed by atoms with Crippen LogP contribution < -0.4 is 0 Å². The van der Waals surface area contributed by atoms with Gasteiger partial charge in [0.1, 0.15) is 0 Å². The smallest absolute Gasteiger partial charge is 0.252 e. The van der Waals surface area contributed by atoms with Crippen LogP contribution in [-0.2, 0) is 17.8 Å². The van der Waals surface area contributed by atoms with Crippen LogP contribution in [0.1, 0.15) is 36.0 Å². The first-order valence-electron chi connectivity index (χ1n) is 8.68. The molecule has 6 nitrogen and oxygen atoms in total. The average Bonchev–Trinajstić information content (AvgIpc) is 3.26. The fourth-order valence-electron chi connectivity index (χ4n) is 3.63. The van der Waals surface area contributed by atoms with Crippen molar-refractivity contribution in [2.24, 2.45) is 10.9 Å². The number of nitrogens with one attached hydrogen (secondary N) is 1. The second-order valence-electron chi connectivity index (χ2n) is 6.55. The summed E-state index contributed by atoms with van der Waals surface area (Å²) in [5.74, 6) is 0.120. The monoisotopic (exact) mass is 335 g/mol. The summed E-state index contributed by atoms with van der Waals surface area (Å²) in [7, 11) is 0. The number of nitrogens with zero attached hydrogens (tertiary/aromatic N) is 4. The van der Waals surface area contributed by atoms with E-state index in [0.717, 1.165) is 46.8 Å². The van der Waals surface area contributed by atoms with Crippen molar-refractivity contribution in [1.29, 1.82) is 0 Å². The fourth-order valence-corrected chi connectivity index (χ4v) is 3.63. The molecule has 1 atom stereocenters. The molecule has 2 aromatic heterocycles. The van der Waals surface area contributed by atoms with Crippen molar-refractivity contribution in [3.05, 3.63) is 59.1 Å². The standard InChI is InChI=1S/C19H21N5O/c1-3-14-15(9-21-18(14)13-4-6-20-12(2)8-13)19(25)24-7-5-16-17(10-24)23-11-22-16/h4,6,8-9,11,14H,3,5,7,10H2,1-2H3,(H,22,23). The molecule has 1 N–H and O–H groups in total. The Hall–Kier alpha value is -2.76. The summed E-state index contributed by atoms with van der Waals surface area (Å²) >= 11 is 0. The molecule has 2 aliphatic rings. The van der Waals surface area contributed by atoms with Crippen LogP contribution in [0, 0.1) is 12.8 Å². The second-order valence-corrected chi connectivity index (χ2v) is 6.55. The summed E-state index contributed by atoms with van der Waals surface area (Å²) in [6, 6.07) is 3.99. The van der Waals surface area contributed by atoms with E-state index < -0.39 is 0 Å². The van der Waals surface area contributed by atoms with Crippen molar-refractivity contribution < 1.29 is 4.79 Å². The Morgan fingerprint density at radius 3 is 3.08 bits per heavy atom. The Bertz CT molecular complexity index is 879. The topological polar surface area (TPSA) is 74.2 Å². The molecule has 0 aliphatic carbocycles. The van der Waals surface area contributed by atoms with Crippen LogP contribution in [0.3, 0.4) is 0 Å². The van der Waals surface area contributed by atoms with E-state index in [-0.39, 0.29) is 11.8 Å². The number of aliphatic imine (C=N–C) groups is 1. The van der Waals surface area contributed by atoms with Gasteiger partial charge in [-0.1, -0.05) is 6.92 Å². The number of amides is 1. The third-order valence-electron chi connectivity index (χ3n) is 4.96. The first-order valence-corrected chi connectivity index (χ1v) is 8.68. The largest absolute Gasteiger partial charge is 0.347 e. The number of H-pyrrole nitrogens is 1. The lowest BCUT2D eigenvalue weighted by molar-refractivity contribution is -0.128. The number of hydrogen-bond donors (Lipinski definition) is 1. The Morgan fingerprint density at radius 2 is 2.28 bits per heavy atom. The second kappa shape index (κ2) is 6.27. The van der Waals surface area contributed by atoms with E-state index >= 15 is 0 Å². The van der Waals surface area contributed by atoms with E-state index in [1.165, 1.54) is 0 Å². The maximum absolute atomic E-state index is 13.1. The van der Waals surface area contributed by atoms with E-state index in [4.69, 9.17) is 0 Å². The van der Waals surface area contributed by atoms with E-state index in [9.17, 15) is 4.79 Å². The van der Waals surface area contributed by atoms with Crippen molar-refractivity contribution in [2.45, 2.75) is 33.2 Å². The summed E-state index contributed by atoms with van der Waals surface area (Å²) in [5, 5.41) is 0. The molecular formula is C19H21N5O. The fraction of sp³-hybridized carbons (Fsp3) is 0.368. The molecule has 0 fully saturated rings. The molecule has 0 saturated carbocycles. The molecule has 128 valence electrons. The van der Waals surface area contributed by atoms with Gasteiger partial charge in [0.25, 0.3) is 5.91 Å². The Labute approximate surface area is 146 Å². The lowest BCUT2D eigenvalue weighted by Gasteiger charge is -2.28. The minimum atomic E-state index is 0.0393. The van der Waals surface area contributed by atoms with Gasteiger partial charge in [-0.15, -0.1) is 0 Å². The highest BCUT2D eigenvalue weighted by Crippen LogP contribution is 2.30. The van der Waals surface area contributed by atoms with Crippen molar-refractivity contribution >= 4 is 11.6 Å².